The van der Waals surface area contributed by atoms with Crippen LogP contribution < -0.4 is 19.1 Å². The average Bonchev–Trinajstić information content (AvgIpc) is 2.78. The van der Waals surface area contributed by atoms with E-state index in [1.165, 1.54) is 25.2 Å². The van der Waals surface area contributed by atoms with E-state index in [2.05, 4.69) is 21.2 Å². The number of rotatable bonds is 10. The van der Waals surface area contributed by atoms with E-state index in [0.29, 0.717) is 5.75 Å². The van der Waals surface area contributed by atoms with E-state index in [-0.39, 0.29) is 23.9 Å². The molecule has 0 aromatic heterocycles. The minimum absolute atomic E-state index is 0.101. The normalized spacial score (nSPS) is 12.4. The van der Waals surface area contributed by atoms with Crippen molar-refractivity contribution in [1.82, 2.24) is 10.2 Å². The van der Waals surface area contributed by atoms with Crippen LogP contribution in [0.2, 0.25) is 0 Å². The monoisotopic (exact) mass is 583 g/mol. The Morgan fingerprint density at radius 2 is 1.75 bits per heavy atom. The van der Waals surface area contributed by atoms with Gasteiger partial charge in [0.1, 0.15) is 24.1 Å². The van der Waals surface area contributed by atoms with E-state index in [1.54, 1.807) is 19.1 Å². The number of anilines is 1. The lowest BCUT2D eigenvalue weighted by atomic mass is 10.1. The highest BCUT2D eigenvalue weighted by Crippen LogP contribution is 2.34. The van der Waals surface area contributed by atoms with Crippen LogP contribution in [-0.4, -0.2) is 63.7 Å². The molecule has 0 heterocycles. The zero-order chi connectivity index (χ0) is 27.3. The third-order valence-electron chi connectivity index (χ3n) is 5.24. The maximum Gasteiger partial charge on any atom is 0.244 e. The number of carbonyl (C=O) groups excluding carboxylic acids is 2. The maximum atomic E-state index is 13.7. The van der Waals surface area contributed by atoms with Crippen LogP contribution in [0.1, 0.15) is 33.3 Å². The van der Waals surface area contributed by atoms with Crippen molar-refractivity contribution in [3.05, 3.63) is 52.5 Å². The van der Waals surface area contributed by atoms with E-state index < -0.39 is 34.1 Å². The highest BCUT2D eigenvalue weighted by molar-refractivity contribution is 9.10. The molecular weight excluding hydrogens is 550 g/mol. The highest BCUT2D eigenvalue weighted by atomic mass is 79.9. The SMILES string of the molecule is COc1ccc(OC)c(N(CC(=O)N(Cc2cccc(Br)c2)[C@@H](C)C(=O)NC(C)(C)C)S(C)(=O)=O)c1. The standard InChI is InChI=1S/C25H34BrN3O6S/c1-17(24(31)27-25(2,3)4)28(15-18-9-8-10-19(26)13-18)23(30)16-29(36(7,32)33)21-14-20(34-5)11-12-22(21)35-6/h8-14,17H,15-16H2,1-7H3,(H,27,31)/t17-/m0/s1. The van der Waals surface area contributed by atoms with Crippen molar-refractivity contribution >= 4 is 43.5 Å². The van der Waals surface area contributed by atoms with Crippen LogP contribution in [0, 0.1) is 0 Å². The van der Waals surface area contributed by atoms with Crippen molar-refractivity contribution in [2.75, 3.05) is 31.3 Å². The molecule has 0 saturated carbocycles. The summed E-state index contributed by atoms with van der Waals surface area (Å²) < 4.78 is 38.0. The summed E-state index contributed by atoms with van der Waals surface area (Å²) in [6.45, 7) is 6.72. The summed E-state index contributed by atoms with van der Waals surface area (Å²) in [6, 6.07) is 11.2. The van der Waals surface area contributed by atoms with Crippen molar-refractivity contribution in [2.45, 2.75) is 45.8 Å². The Kier molecular flexibility index (Phi) is 9.78. The molecule has 9 nitrogen and oxygen atoms in total. The van der Waals surface area contributed by atoms with Gasteiger partial charge in [-0.2, -0.15) is 0 Å². The number of nitrogens with zero attached hydrogens (tertiary/aromatic N) is 2. The smallest absolute Gasteiger partial charge is 0.244 e. The maximum absolute atomic E-state index is 13.7. The molecule has 0 aliphatic heterocycles. The predicted octanol–water partition coefficient (Wildman–Crippen LogP) is 3.56. The molecule has 0 aliphatic carbocycles. The Morgan fingerprint density at radius 3 is 2.28 bits per heavy atom. The molecule has 2 aromatic rings. The van der Waals surface area contributed by atoms with Gasteiger partial charge >= 0.3 is 0 Å². The van der Waals surface area contributed by atoms with Crippen molar-refractivity contribution in [3.8, 4) is 11.5 Å². The number of carbonyl (C=O) groups is 2. The molecule has 0 spiro atoms. The first kappa shape index (κ1) is 29.4. The van der Waals surface area contributed by atoms with Crippen LogP contribution >= 0.6 is 15.9 Å². The van der Waals surface area contributed by atoms with Crippen molar-refractivity contribution in [3.63, 3.8) is 0 Å². The summed E-state index contributed by atoms with van der Waals surface area (Å²) in [4.78, 5) is 28.1. The quantitative estimate of drug-likeness (QED) is 0.458. The Labute approximate surface area is 221 Å². The minimum atomic E-state index is -3.92. The van der Waals surface area contributed by atoms with E-state index in [4.69, 9.17) is 9.47 Å². The van der Waals surface area contributed by atoms with Crippen LogP contribution in [0.5, 0.6) is 11.5 Å². The number of nitrogens with one attached hydrogen (secondary N) is 1. The Bertz CT molecular complexity index is 1200. The first-order chi connectivity index (χ1) is 16.7. The fourth-order valence-corrected chi connectivity index (χ4v) is 4.77. The summed E-state index contributed by atoms with van der Waals surface area (Å²) in [5.74, 6) is -0.251. The molecule has 2 rings (SSSR count). The van der Waals surface area contributed by atoms with Gasteiger partial charge in [0.25, 0.3) is 0 Å². The van der Waals surface area contributed by atoms with E-state index in [9.17, 15) is 18.0 Å². The van der Waals surface area contributed by atoms with Gasteiger partial charge in [-0.3, -0.25) is 13.9 Å². The van der Waals surface area contributed by atoms with Gasteiger partial charge in [-0.1, -0.05) is 28.1 Å². The summed E-state index contributed by atoms with van der Waals surface area (Å²) in [5, 5.41) is 2.89. The molecule has 0 saturated heterocycles. The second kappa shape index (κ2) is 12.0. The molecular formula is C25H34BrN3O6S. The predicted molar refractivity (Wildman–Crippen MR) is 144 cm³/mol. The third-order valence-corrected chi connectivity index (χ3v) is 6.86. The number of hydrogen-bond acceptors (Lipinski definition) is 6. The van der Waals surface area contributed by atoms with Crippen LogP contribution in [0.15, 0.2) is 46.9 Å². The van der Waals surface area contributed by atoms with Crippen LogP contribution in [0.25, 0.3) is 0 Å². The molecule has 1 N–H and O–H groups in total. The molecule has 11 heteroatoms. The lowest BCUT2D eigenvalue weighted by molar-refractivity contribution is -0.140. The Balaban J connectivity index is 2.50. The second-order valence-electron chi connectivity index (χ2n) is 9.37. The molecule has 1 atom stereocenters. The highest BCUT2D eigenvalue weighted by Gasteiger charge is 2.32. The number of hydrogen-bond donors (Lipinski definition) is 1. The van der Waals surface area contributed by atoms with Gasteiger partial charge in [-0.25, -0.2) is 8.42 Å². The van der Waals surface area contributed by atoms with E-state index in [1.807, 2.05) is 45.0 Å². The van der Waals surface area contributed by atoms with Gasteiger partial charge in [0.15, 0.2) is 0 Å². The largest absolute Gasteiger partial charge is 0.497 e. The van der Waals surface area contributed by atoms with E-state index in [0.717, 1.165) is 20.6 Å². The molecule has 0 unspecified atom stereocenters. The van der Waals surface area contributed by atoms with Crippen LogP contribution in [-0.2, 0) is 26.2 Å². The Hall–Kier alpha value is -2.79. The molecule has 36 heavy (non-hydrogen) atoms. The fraction of sp³-hybridized carbons (Fsp3) is 0.440. The number of amides is 2. The number of halogens is 1. The number of ether oxygens (including phenoxy) is 2. The van der Waals surface area contributed by atoms with Gasteiger partial charge in [0.05, 0.1) is 26.2 Å². The van der Waals surface area contributed by atoms with Gasteiger partial charge in [0, 0.05) is 22.6 Å². The molecule has 0 aliphatic rings. The molecule has 198 valence electrons. The summed E-state index contributed by atoms with van der Waals surface area (Å²) >= 11 is 3.43. The fourth-order valence-electron chi connectivity index (χ4n) is 3.48. The van der Waals surface area contributed by atoms with Crippen LogP contribution in [0.4, 0.5) is 5.69 Å². The van der Waals surface area contributed by atoms with Gasteiger partial charge in [0.2, 0.25) is 21.8 Å². The topological polar surface area (TPSA) is 105 Å². The Morgan fingerprint density at radius 1 is 1.08 bits per heavy atom. The first-order valence-electron chi connectivity index (χ1n) is 11.2. The van der Waals surface area contributed by atoms with Crippen molar-refractivity contribution < 1.29 is 27.5 Å². The summed E-state index contributed by atoms with van der Waals surface area (Å²) in [5.41, 5.74) is 0.419. The minimum Gasteiger partial charge on any atom is -0.497 e. The molecule has 0 bridgehead atoms. The zero-order valence-electron chi connectivity index (χ0n) is 21.7. The third kappa shape index (κ3) is 8.12. The molecule has 0 radical (unpaired) electrons. The average molecular weight is 585 g/mol. The molecule has 0 fully saturated rings. The summed E-state index contributed by atoms with van der Waals surface area (Å²) in [6.07, 6.45) is 1.01. The zero-order valence-corrected chi connectivity index (χ0v) is 24.1. The van der Waals surface area contributed by atoms with Gasteiger partial charge in [-0.05, 0) is 57.5 Å². The molecule has 2 aromatic carbocycles. The van der Waals surface area contributed by atoms with Crippen molar-refractivity contribution in [2.24, 2.45) is 0 Å². The molecule has 2 amide bonds. The number of benzene rings is 2. The van der Waals surface area contributed by atoms with Gasteiger partial charge in [-0.15, -0.1) is 0 Å². The first-order valence-corrected chi connectivity index (χ1v) is 13.9. The van der Waals surface area contributed by atoms with Crippen LogP contribution in [0.3, 0.4) is 0 Å². The lowest BCUT2D eigenvalue weighted by Crippen LogP contribution is -2.54. The van der Waals surface area contributed by atoms with Crippen molar-refractivity contribution in [1.29, 1.82) is 0 Å². The number of methoxy groups -OCH3 is 2. The second-order valence-corrected chi connectivity index (χ2v) is 12.2. The summed E-state index contributed by atoms with van der Waals surface area (Å²) in [7, 11) is -1.05. The van der Waals surface area contributed by atoms with Gasteiger partial charge < -0.3 is 19.7 Å². The lowest BCUT2D eigenvalue weighted by Gasteiger charge is -2.33. The number of sulfonamides is 1. The van der Waals surface area contributed by atoms with E-state index >= 15 is 0 Å².